The van der Waals surface area contributed by atoms with Gasteiger partial charge >= 0.3 is 0 Å². The Labute approximate surface area is 289 Å². The number of allylic oxidation sites excluding steroid dienone is 6. The largest absolute Gasteiger partial charge is 0.383 e. The fourth-order valence-electron chi connectivity index (χ4n) is 7.67. The van der Waals surface area contributed by atoms with E-state index >= 15 is 0 Å². The van der Waals surface area contributed by atoms with Gasteiger partial charge in [-0.05, 0) is 77.3 Å². The third-order valence-corrected chi connectivity index (χ3v) is 10.3. The number of aromatic nitrogens is 1. The molecule has 4 heteroatoms. The highest BCUT2D eigenvalue weighted by molar-refractivity contribution is 6.11. The maximum Gasteiger partial charge on any atom is 0.133 e. The Morgan fingerprint density at radius 2 is 1.59 bits per heavy atom. The van der Waals surface area contributed by atoms with Crippen LogP contribution in [0.25, 0.3) is 38.9 Å². The zero-order valence-corrected chi connectivity index (χ0v) is 28.2. The van der Waals surface area contributed by atoms with Crippen LogP contribution in [0.1, 0.15) is 67.9 Å². The van der Waals surface area contributed by atoms with Gasteiger partial charge in [0.2, 0.25) is 0 Å². The molecule has 0 saturated heterocycles. The summed E-state index contributed by atoms with van der Waals surface area (Å²) in [5, 5.41) is 4.03. The van der Waals surface area contributed by atoms with Gasteiger partial charge in [0.05, 0.1) is 12.1 Å². The van der Waals surface area contributed by atoms with Crippen molar-refractivity contribution >= 4 is 39.4 Å². The van der Waals surface area contributed by atoms with Crippen LogP contribution in [0.15, 0.2) is 155 Å². The first-order valence-electron chi connectivity index (χ1n) is 17.6. The van der Waals surface area contributed by atoms with Crippen molar-refractivity contribution in [2.75, 3.05) is 0 Å². The number of hydrogen-bond donors (Lipinski definition) is 1. The van der Waals surface area contributed by atoms with Crippen molar-refractivity contribution < 1.29 is 0 Å². The zero-order valence-electron chi connectivity index (χ0n) is 28.2. The first kappa shape index (κ1) is 30.8. The lowest BCUT2D eigenvalue weighted by Gasteiger charge is -2.23. The Hall–Kier alpha value is -5.48. The first-order chi connectivity index (χ1) is 24.0. The maximum atomic E-state index is 6.79. The van der Waals surface area contributed by atoms with Crippen LogP contribution in [-0.4, -0.2) is 16.2 Å². The van der Waals surface area contributed by atoms with Crippen LogP contribution in [0.5, 0.6) is 0 Å². The Bertz CT molecular complexity index is 2240. The number of amidine groups is 2. The molecule has 0 bridgehead atoms. The monoisotopic (exact) mass is 638 g/mol. The summed E-state index contributed by atoms with van der Waals surface area (Å²) >= 11 is 0. The minimum absolute atomic E-state index is 0.0596. The maximum absolute atomic E-state index is 6.79. The standard InChI is InChI=1S/C45H42N4/c1-30-12-11-19-40-42(30)43-39-18-10-9-15-35(39)26-29-41(43)49(40)38-27-24-36(25-28-38)44(46)48-45(37-16-7-4-8-17-37)47-31(2)32-20-22-34(23-21-32)33-13-5-3-6-14-33/h3-11,13-16,18-27,29-31,37-38H,12,17,28H2,1-2H3,(H2,46,47,48). The van der Waals surface area contributed by atoms with Gasteiger partial charge in [0.15, 0.2) is 0 Å². The Balaban J connectivity index is 1.09. The van der Waals surface area contributed by atoms with E-state index in [-0.39, 0.29) is 18.0 Å². The van der Waals surface area contributed by atoms with Gasteiger partial charge in [-0.25, -0.2) is 4.99 Å². The molecule has 3 aliphatic carbocycles. The van der Waals surface area contributed by atoms with E-state index in [0.29, 0.717) is 11.8 Å². The number of aliphatic imine (C=N–C) groups is 2. The second kappa shape index (κ2) is 13.2. The van der Waals surface area contributed by atoms with Crippen LogP contribution in [0.3, 0.4) is 0 Å². The summed E-state index contributed by atoms with van der Waals surface area (Å²) in [7, 11) is 0. The van der Waals surface area contributed by atoms with Gasteiger partial charge in [0.1, 0.15) is 11.7 Å². The van der Waals surface area contributed by atoms with Crippen LogP contribution in [-0.2, 0) is 0 Å². The Morgan fingerprint density at radius 3 is 2.37 bits per heavy atom. The van der Waals surface area contributed by atoms with E-state index in [1.54, 1.807) is 0 Å². The van der Waals surface area contributed by atoms with E-state index in [1.165, 1.54) is 44.1 Å². The molecule has 4 unspecified atom stereocenters. The van der Waals surface area contributed by atoms with Crippen molar-refractivity contribution in [2.24, 2.45) is 21.6 Å². The van der Waals surface area contributed by atoms with Gasteiger partial charge in [-0.2, -0.15) is 0 Å². The van der Waals surface area contributed by atoms with E-state index in [9.17, 15) is 0 Å². The molecule has 0 aliphatic heterocycles. The summed E-state index contributed by atoms with van der Waals surface area (Å²) in [5.74, 6) is 1.84. The molecule has 0 amide bonds. The number of benzene rings is 4. The SMILES string of the molecule is CC1CC=Cc2c1c1c3ccccc3ccc1n2C1C=CC(C(N)=NC(=NC(C)c2ccc(-c3ccccc3)cc2)C2C=CC=CC2)=CC1. The molecule has 8 rings (SSSR count). The summed E-state index contributed by atoms with van der Waals surface area (Å²) in [6.45, 7) is 4.49. The van der Waals surface area contributed by atoms with Crippen LogP contribution in [0, 0.1) is 5.92 Å². The normalized spacial score (nSPS) is 21.3. The Kier molecular flexibility index (Phi) is 8.30. The van der Waals surface area contributed by atoms with Crippen LogP contribution in [0.2, 0.25) is 0 Å². The fourth-order valence-corrected chi connectivity index (χ4v) is 7.67. The zero-order chi connectivity index (χ0) is 33.3. The fraction of sp³-hybridized carbons (Fsp3) is 0.200. The summed E-state index contributed by atoms with van der Waals surface area (Å²) in [6, 6.07) is 32.7. The number of nitrogens with two attached hydrogens (primary N) is 1. The van der Waals surface area contributed by atoms with Crippen LogP contribution in [0.4, 0.5) is 0 Å². The van der Waals surface area contributed by atoms with Gasteiger partial charge in [0, 0.05) is 28.1 Å². The van der Waals surface area contributed by atoms with Gasteiger partial charge in [-0.3, -0.25) is 4.99 Å². The third-order valence-electron chi connectivity index (χ3n) is 10.3. The molecule has 4 aromatic carbocycles. The quantitative estimate of drug-likeness (QED) is 0.146. The smallest absolute Gasteiger partial charge is 0.133 e. The summed E-state index contributed by atoms with van der Waals surface area (Å²) < 4.78 is 2.54. The molecule has 0 fully saturated rings. The molecular weight excluding hydrogens is 597 g/mol. The second-order valence-electron chi connectivity index (χ2n) is 13.5. The van der Waals surface area contributed by atoms with E-state index < -0.39 is 0 Å². The van der Waals surface area contributed by atoms with Crippen LogP contribution >= 0.6 is 0 Å². The molecule has 0 radical (unpaired) electrons. The van der Waals surface area contributed by atoms with E-state index in [4.69, 9.17) is 15.7 Å². The van der Waals surface area contributed by atoms with Crippen molar-refractivity contribution in [1.82, 2.24) is 4.57 Å². The molecule has 3 aliphatic rings. The van der Waals surface area contributed by atoms with Crippen molar-refractivity contribution in [1.29, 1.82) is 0 Å². The molecule has 49 heavy (non-hydrogen) atoms. The summed E-state index contributed by atoms with van der Waals surface area (Å²) in [5.41, 5.74) is 15.4. The Morgan fingerprint density at radius 1 is 0.796 bits per heavy atom. The first-order valence-corrected chi connectivity index (χ1v) is 17.6. The topological polar surface area (TPSA) is 55.7 Å². The highest BCUT2D eigenvalue weighted by Crippen LogP contribution is 2.43. The predicted molar refractivity (Wildman–Crippen MR) is 208 cm³/mol. The minimum Gasteiger partial charge on any atom is -0.383 e. The van der Waals surface area contributed by atoms with E-state index in [0.717, 1.165) is 36.2 Å². The third kappa shape index (κ3) is 5.93. The highest BCUT2D eigenvalue weighted by atomic mass is 15.0. The lowest BCUT2D eigenvalue weighted by atomic mass is 9.89. The number of rotatable bonds is 6. The van der Waals surface area contributed by atoms with Crippen molar-refractivity contribution in [3.8, 4) is 11.1 Å². The molecule has 242 valence electrons. The highest BCUT2D eigenvalue weighted by Gasteiger charge is 2.27. The lowest BCUT2D eigenvalue weighted by Crippen LogP contribution is -2.22. The van der Waals surface area contributed by atoms with Gasteiger partial charge in [0.25, 0.3) is 0 Å². The van der Waals surface area contributed by atoms with Crippen LogP contribution < -0.4 is 5.73 Å². The second-order valence-corrected chi connectivity index (χ2v) is 13.5. The molecule has 5 aromatic rings. The molecule has 0 spiro atoms. The van der Waals surface area contributed by atoms with Gasteiger partial charge in [-0.1, -0.05) is 140 Å². The minimum atomic E-state index is -0.0596. The molecule has 4 atom stereocenters. The molecule has 1 aromatic heterocycles. The van der Waals surface area contributed by atoms with Crippen molar-refractivity contribution in [2.45, 2.75) is 51.1 Å². The number of fused-ring (bicyclic) bond motifs is 5. The lowest BCUT2D eigenvalue weighted by molar-refractivity contribution is 0.615. The summed E-state index contributed by atoms with van der Waals surface area (Å²) in [6.07, 6.45) is 22.7. The van der Waals surface area contributed by atoms with Crippen molar-refractivity contribution in [3.63, 3.8) is 0 Å². The molecule has 4 nitrogen and oxygen atoms in total. The predicted octanol–water partition coefficient (Wildman–Crippen LogP) is 11.1. The number of nitrogens with zero attached hydrogens (tertiary/aromatic N) is 3. The van der Waals surface area contributed by atoms with Gasteiger partial charge in [-0.15, -0.1) is 0 Å². The van der Waals surface area contributed by atoms with E-state index in [1.807, 2.05) is 6.07 Å². The number of hydrogen-bond acceptors (Lipinski definition) is 1. The molecule has 0 saturated carbocycles. The molecule has 1 heterocycles. The summed E-state index contributed by atoms with van der Waals surface area (Å²) in [4.78, 5) is 10.2. The molecular formula is C45H42N4. The van der Waals surface area contributed by atoms with E-state index in [2.05, 4.69) is 158 Å². The van der Waals surface area contributed by atoms with Crippen molar-refractivity contribution in [3.05, 3.63) is 162 Å². The average molecular weight is 639 g/mol. The molecule has 2 N–H and O–H groups in total. The average Bonchev–Trinajstić information content (AvgIpc) is 3.51. The van der Waals surface area contributed by atoms with Gasteiger partial charge < -0.3 is 10.3 Å².